The second-order valence-electron chi connectivity index (χ2n) is 4.95. The topological polar surface area (TPSA) is 36.4 Å². The van der Waals surface area contributed by atoms with Gasteiger partial charge < -0.3 is 10.0 Å². The lowest BCUT2D eigenvalue weighted by Gasteiger charge is -2.31. The molecule has 0 bridgehead atoms. The van der Waals surface area contributed by atoms with E-state index >= 15 is 0 Å². The number of nitrogens with zero attached hydrogens (tertiary/aromatic N) is 2. The molecule has 0 radical (unpaired) electrons. The molecule has 2 heterocycles. The third-order valence-corrected chi connectivity index (χ3v) is 4.40. The molecule has 0 saturated carbocycles. The predicted molar refractivity (Wildman–Crippen MR) is 71.3 cm³/mol. The Morgan fingerprint density at radius 2 is 2.47 bits per heavy atom. The van der Waals surface area contributed by atoms with Crippen LogP contribution in [0.3, 0.4) is 0 Å². The Morgan fingerprint density at radius 3 is 3.12 bits per heavy atom. The van der Waals surface area contributed by atoms with E-state index in [2.05, 4.69) is 16.8 Å². The quantitative estimate of drug-likeness (QED) is 0.896. The predicted octanol–water partition coefficient (Wildman–Crippen LogP) is 2.47. The van der Waals surface area contributed by atoms with Crippen LogP contribution in [0.15, 0.2) is 5.38 Å². The molecule has 1 aromatic rings. The van der Waals surface area contributed by atoms with Crippen LogP contribution in [0.4, 0.5) is 0 Å². The van der Waals surface area contributed by atoms with Gasteiger partial charge in [-0.2, -0.15) is 0 Å². The van der Waals surface area contributed by atoms with Crippen molar-refractivity contribution in [1.29, 1.82) is 0 Å². The number of aliphatic hydroxyl groups excluding tert-OH is 1. The minimum atomic E-state index is -0.432. The summed E-state index contributed by atoms with van der Waals surface area (Å²) in [5.41, 5.74) is 0.827. The fourth-order valence-electron chi connectivity index (χ4n) is 2.46. The van der Waals surface area contributed by atoms with Crippen LogP contribution < -0.4 is 0 Å². The van der Waals surface area contributed by atoms with Crippen LogP contribution in [0.5, 0.6) is 0 Å². The lowest BCUT2D eigenvalue weighted by Crippen LogP contribution is -2.35. The van der Waals surface area contributed by atoms with Crippen molar-refractivity contribution in [2.75, 3.05) is 19.6 Å². The van der Waals surface area contributed by atoms with E-state index in [1.165, 1.54) is 30.9 Å². The molecule has 0 spiro atoms. The highest BCUT2D eigenvalue weighted by atomic mass is 32.1. The van der Waals surface area contributed by atoms with Crippen molar-refractivity contribution >= 4 is 11.3 Å². The summed E-state index contributed by atoms with van der Waals surface area (Å²) in [6.07, 6.45) is 3.28. The Morgan fingerprint density at radius 1 is 1.65 bits per heavy atom. The van der Waals surface area contributed by atoms with Gasteiger partial charge in [-0.15, -0.1) is 11.3 Å². The van der Waals surface area contributed by atoms with E-state index < -0.39 is 6.10 Å². The van der Waals surface area contributed by atoms with Gasteiger partial charge in [0.2, 0.25) is 0 Å². The Balaban J connectivity index is 1.91. The van der Waals surface area contributed by atoms with E-state index in [4.69, 9.17) is 0 Å². The average Bonchev–Trinajstić information content (AvgIpc) is 2.78. The first-order valence-electron chi connectivity index (χ1n) is 6.53. The summed E-state index contributed by atoms with van der Waals surface area (Å²) < 4.78 is 0. The summed E-state index contributed by atoms with van der Waals surface area (Å²) in [4.78, 5) is 7.03. The second kappa shape index (κ2) is 5.94. The van der Waals surface area contributed by atoms with Crippen molar-refractivity contribution in [2.24, 2.45) is 5.92 Å². The highest BCUT2D eigenvalue weighted by Gasteiger charge is 2.20. The van der Waals surface area contributed by atoms with Crippen LogP contribution in [0, 0.1) is 5.92 Å². The molecule has 4 heteroatoms. The van der Waals surface area contributed by atoms with Crippen LogP contribution in [0.2, 0.25) is 0 Å². The highest BCUT2D eigenvalue weighted by molar-refractivity contribution is 7.09. The van der Waals surface area contributed by atoms with Gasteiger partial charge in [0.25, 0.3) is 0 Å². The number of hydrogen-bond donors (Lipinski definition) is 1. The zero-order valence-electron chi connectivity index (χ0n) is 10.7. The maximum absolute atomic E-state index is 9.46. The maximum Gasteiger partial charge on any atom is 0.0940 e. The number of hydrogen-bond acceptors (Lipinski definition) is 4. The first-order chi connectivity index (χ1) is 8.19. The molecule has 1 fully saturated rings. The normalized spacial score (nSPS) is 23.8. The molecule has 1 aliphatic heterocycles. The summed E-state index contributed by atoms with van der Waals surface area (Å²) in [7, 11) is 0. The van der Waals surface area contributed by atoms with E-state index in [9.17, 15) is 5.11 Å². The van der Waals surface area contributed by atoms with Crippen LogP contribution in [0.25, 0.3) is 0 Å². The zero-order chi connectivity index (χ0) is 12.3. The lowest BCUT2D eigenvalue weighted by molar-refractivity contribution is 0.181. The van der Waals surface area contributed by atoms with Crippen molar-refractivity contribution in [1.82, 2.24) is 9.88 Å². The largest absolute Gasteiger partial charge is 0.387 e. The molecule has 1 saturated heterocycles. The van der Waals surface area contributed by atoms with Crippen LogP contribution in [-0.4, -0.2) is 34.6 Å². The van der Waals surface area contributed by atoms with E-state index in [-0.39, 0.29) is 0 Å². The molecule has 0 amide bonds. The van der Waals surface area contributed by atoms with Gasteiger partial charge in [0.05, 0.1) is 16.8 Å². The monoisotopic (exact) mass is 254 g/mol. The summed E-state index contributed by atoms with van der Waals surface area (Å²) in [5.74, 6) is 0.747. The first kappa shape index (κ1) is 13.0. The smallest absolute Gasteiger partial charge is 0.0940 e. The number of rotatable bonds is 4. The minimum Gasteiger partial charge on any atom is -0.387 e. The van der Waals surface area contributed by atoms with Crippen LogP contribution in [-0.2, 0) is 6.42 Å². The van der Waals surface area contributed by atoms with Gasteiger partial charge >= 0.3 is 0 Å². The third kappa shape index (κ3) is 3.50. The number of thiazole rings is 1. The van der Waals surface area contributed by atoms with Crippen molar-refractivity contribution in [3.8, 4) is 0 Å². The fourth-order valence-corrected chi connectivity index (χ4v) is 3.46. The van der Waals surface area contributed by atoms with Crippen molar-refractivity contribution in [2.45, 2.75) is 39.2 Å². The molecule has 3 nitrogen and oxygen atoms in total. The molecule has 1 N–H and O–H groups in total. The molecular formula is C13H22N2OS. The summed E-state index contributed by atoms with van der Waals surface area (Å²) in [6.45, 7) is 7.63. The number of aliphatic hydroxyl groups is 1. The van der Waals surface area contributed by atoms with Crippen molar-refractivity contribution < 1.29 is 5.11 Å². The molecule has 1 aliphatic rings. The standard InChI is InChI=1S/C13H22N2OS/c1-3-15-6-4-5-11(8-15)7-13-14-12(9-17-13)10(2)16/h9-11,16H,3-8H2,1-2H3. The van der Waals surface area contributed by atoms with Crippen LogP contribution >= 0.6 is 11.3 Å². The van der Waals surface area contributed by atoms with Gasteiger partial charge in [-0.25, -0.2) is 4.98 Å². The van der Waals surface area contributed by atoms with Crippen LogP contribution in [0.1, 0.15) is 43.5 Å². The maximum atomic E-state index is 9.46. The average molecular weight is 254 g/mol. The molecule has 2 unspecified atom stereocenters. The molecule has 0 aliphatic carbocycles. The van der Waals surface area contributed by atoms with Gasteiger partial charge in [-0.3, -0.25) is 0 Å². The van der Waals surface area contributed by atoms with Gasteiger partial charge in [-0.1, -0.05) is 6.92 Å². The molecular weight excluding hydrogens is 232 g/mol. The van der Waals surface area contributed by atoms with E-state index in [1.807, 2.05) is 5.38 Å². The van der Waals surface area contributed by atoms with Gasteiger partial charge in [0, 0.05) is 18.3 Å². The molecule has 2 atom stereocenters. The fraction of sp³-hybridized carbons (Fsp3) is 0.769. The van der Waals surface area contributed by atoms with E-state index in [1.54, 1.807) is 18.3 Å². The molecule has 0 aromatic carbocycles. The van der Waals surface area contributed by atoms with Crippen molar-refractivity contribution in [3.63, 3.8) is 0 Å². The first-order valence-corrected chi connectivity index (χ1v) is 7.41. The van der Waals surface area contributed by atoms with Gasteiger partial charge in [0.15, 0.2) is 0 Å². The Hall–Kier alpha value is -0.450. The summed E-state index contributed by atoms with van der Waals surface area (Å²) in [5, 5.41) is 12.6. The molecule has 17 heavy (non-hydrogen) atoms. The number of likely N-dealkylation sites (tertiary alicyclic amines) is 1. The van der Waals surface area contributed by atoms with Gasteiger partial charge in [0.1, 0.15) is 0 Å². The van der Waals surface area contributed by atoms with E-state index in [0.717, 1.165) is 24.6 Å². The highest BCUT2D eigenvalue weighted by Crippen LogP contribution is 2.24. The molecule has 1 aromatic heterocycles. The van der Waals surface area contributed by atoms with Crippen molar-refractivity contribution in [3.05, 3.63) is 16.1 Å². The third-order valence-electron chi connectivity index (χ3n) is 3.51. The summed E-state index contributed by atoms with van der Waals surface area (Å²) >= 11 is 1.69. The number of piperidine rings is 1. The Bertz CT molecular complexity index is 351. The molecule has 96 valence electrons. The summed E-state index contributed by atoms with van der Waals surface area (Å²) in [6, 6.07) is 0. The Labute approximate surface area is 107 Å². The number of aromatic nitrogens is 1. The lowest BCUT2D eigenvalue weighted by atomic mass is 9.95. The van der Waals surface area contributed by atoms with Gasteiger partial charge in [-0.05, 0) is 38.8 Å². The van der Waals surface area contributed by atoms with E-state index in [0.29, 0.717) is 0 Å². The SMILES string of the molecule is CCN1CCCC(Cc2nc(C(C)O)cs2)C1. The minimum absolute atomic E-state index is 0.432. The zero-order valence-corrected chi connectivity index (χ0v) is 11.5. The Kier molecular flexibility index (Phi) is 4.54. The second-order valence-corrected chi connectivity index (χ2v) is 5.89. The molecule has 2 rings (SSSR count).